The van der Waals surface area contributed by atoms with Gasteiger partial charge in [0.1, 0.15) is 0 Å². The van der Waals surface area contributed by atoms with Crippen LogP contribution in [0.3, 0.4) is 0 Å². The smallest absolute Gasteiger partial charge is 0.0759 e. The van der Waals surface area contributed by atoms with Crippen LogP contribution in [0.2, 0.25) is 0 Å². The van der Waals surface area contributed by atoms with Gasteiger partial charge >= 0.3 is 0 Å². The first-order valence-electron chi connectivity index (χ1n) is 8.58. The third-order valence-electron chi connectivity index (χ3n) is 5.27. The molecule has 0 saturated heterocycles. The van der Waals surface area contributed by atoms with Gasteiger partial charge in [0.05, 0.1) is 11.7 Å². The maximum atomic E-state index is 4.59. The quantitative estimate of drug-likeness (QED) is 0.739. The highest BCUT2D eigenvalue weighted by Crippen LogP contribution is 2.34. The molecule has 1 aliphatic heterocycles. The molecular formula is C20H24N4. The standard InChI is InChI=1S/C20H24N4/c1-15-18(16(2)22(3)21-15)14-24-13-12-23-11-7-10-19(23)20(24)17-8-5-4-6-9-17/h4-11,20H,12-14H2,1-3H3/t20-/m0/s1. The van der Waals surface area contributed by atoms with E-state index in [1.54, 1.807) is 0 Å². The number of nitrogens with zero attached hydrogens (tertiary/aromatic N) is 4. The number of benzene rings is 1. The first-order valence-corrected chi connectivity index (χ1v) is 8.58. The van der Waals surface area contributed by atoms with E-state index in [0.717, 1.165) is 25.3 Å². The summed E-state index contributed by atoms with van der Waals surface area (Å²) in [5.74, 6) is 0. The molecular weight excluding hydrogens is 296 g/mol. The van der Waals surface area contributed by atoms with Gasteiger partial charge in [0.15, 0.2) is 0 Å². The van der Waals surface area contributed by atoms with E-state index in [0.29, 0.717) is 6.04 Å². The van der Waals surface area contributed by atoms with Crippen LogP contribution in [0.25, 0.3) is 0 Å². The van der Waals surface area contributed by atoms with Crippen molar-refractivity contribution in [2.45, 2.75) is 33.0 Å². The molecule has 4 rings (SSSR count). The minimum absolute atomic E-state index is 0.300. The van der Waals surface area contributed by atoms with Crippen molar-refractivity contribution in [3.05, 3.63) is 76.9 Å². The average Bonchev–Trinajstić information content (AvgIpc) is 3.15. The fourth-order valence-corrected chi connectivity index (χ4v) is 3.87. The summed E-state index contributed by atoms with van der Waals surface area (Å²) >= 11 is 0. The summed E-state index contributed by atoms with van der Waals surface area (Å²) in [6, 6.07) is 15.6. The van der Waals surface area contributed by atoms with E-state index in [9.17, 15) is 0 Å². The van der Waals surface area contributed by atoms with Crippen LogP contribution in [0.15, 0.2) is 48.7 Å². The van der Waals surface area contributed by atoms with Gasteiger partial charge in [-0.3, -0.25) is 9.58 Å². The zero-order chi connectivity index (χ0) is 16.7. The van der Waals surface area contributed by atoms with Gasteiger partial charge in [-0.2, -0.15) is 5.10 Å². The van der Waals surface area contributed by atoms with Crippen molar-refractivity contribution in [3.8, 4) is 0 Å². The van der Waals surface area contributed by atoms with E-state index in [1.807, 2.05) is 11.7 Å². The summed E-state index contributed by atoms with van der Waals surface area (Å²) < 4.78 is 4.38. The highest BCUT2D eigenvalue weighted by atomic mass is 15.3. The molecule has 4 heteroatoms. The maximum absolute atomic E-state index is 4.59. The maximum Gasteiger partial charge on any atom is 0.0759 e. The molecule has 0 saturated carbocycles. The highest BCUT2D eigenvalue weighted by molar-refractivity contribution is 5.32. The molecule has 0 N–H and O–H groups in total. The molecule has 2 aromatic heterocycles. The Morgan fingerprint density at radius 1 is 1.04 bits per heavy atom. The van der Waals surface area contributed by atoms with E-state index in [1.165, 1.54) is 22.5 Å². The lowest BCUT2D eigenvalue weighted by Crippen LogP contribution is -2.38. The van der Waals surface area contributed by atoms with Crippen molar-refractivity contribution in [1.82, 2.24) is 19.2 Å². The van der Waals surface area contributed by atoms with Crippen LogP contribution in [0, 0.1) is 13.8 Å². The van der Waals surface area contributed by atoms with E-state index >= 15 is 0 Å². The van der Waals surface area contributed by atoms with Crippen LogP contribution in [0.4, 0.5) is 0 Å². The second-order valence-electron chi connectivity index (χ2n) is 6.68. The normalized spacial score (nSPS) is 17.9. The second kappa shape index (κ2) is 5.95. The molecule has 1 aromatic carbocycles. The minimum atomic E-state index is 0.300. The number of aryl methyl sites for hydroxylation is 2. The molecule has 3 aromatic rings. The molecule has 4 nitrogen and oxygen atoms in total. The molecule has 3 heterocycles. The van der Waals surface area contributed by atoms with Crippen molar-refractivity contribution < 1.29 is 0 Å². The first-order chi connectivity index (χ1) is 11.6. The number of hydrogen-bond acceptors (Lipinski definition) is 2. The summed E-state index contributed by atoms with van der Waals surface area (Å²) in [7, 11) is 2.03. The third kappa shape index (κ3) is 2.47. The van der Waals surface area contributed by atoms with E-state index < -0.39 is 0 Å². The summed E-state index contributed by atoms with van der Waals surface area (Å²) in [5.41, 5.74) is 6.50. The fourth-order valence-electron chi connectivity index (χ4n) is 3.87. The van der Waals surface area contributed by atoms with Crippen molar-refractivity contribution in [2.24, 2.45) is 7.05 Å². The molecule has 0 radical (unpaired) electrons. The lowest BCUT2D eigenvalue weighted by molar-refractivity contribution is 0.174. The van der Waals surface area contributed by atoms with Crippen molar-refractivity contribution in [3.63, 3.8) is 0 Å². The molecule has 1 atom stereocenters. The highest BCUT2D eigenvalue weighted by Gasteiger charge is 2.29. The number of aromatic nitrogens is 3. The fraction of sp³-hybridized carbons (Fsp3) is 0.350. The summed E-state index contributed by atoms with van der Waals surface area (Å²) in [6.45, 7) is 7.32. The number of rotatable bonds is 3. The first kappa shape index (κ1) is 15.2. The van der Waals surface area contributed by atoms with Gasteiger partial charge in [-0.15, -0.1) is 0 Å². The van der Waals surface area contributed by atoms with Gasteiger partial charge in [-0.05, 0) is 31.5 Å². The monoisotopic (exact) mass is 320 g/mol. The predicted molar refractivity (Wildman–Crippen MR) is 95.8 cm³/mol. The predicted octanol–water partition coefficient (Wildman–Crippen LogP) is 3.44. The van der Waals surface area contributed by atoms with Gasteiger partial charge in [0.25, 0.3) is 0 Å². The van der Waals surface area contributed by atoms with E-state index in [-0.39, 0.29) is 0 Å². The van der Waals surface area contributed by atoms with Crippen molar-refractivity contribution in [1.29, 1.82) is 0 Å². The van der Waals surface area contributed by atoms with Crippen molar-refractivity contribution in [2.75, 3.05) is 6.54 Å². The summed E-state index contributed by atoms with van der Waals surface area (Å²) in [5, 5.41) is 4.59. The van der Waals surface area contributed by atoms with E-state index in [2.05, 4.69) is 77.1 Å². The molecule has 0 fully saturated rings. The molecule has 24 heavy (non-hydrogen) atoms. The Kier molecular flexibility index (Phi) is 3.77. The van der Waals surface area contributed by atoms with Gasteiger partial charge < -0.3 is 4.57 Å². The average molecular weight is 320 g/mol. The van der Waals surface area contributed by atoms with Gasteiger partial charge in [0.2, 0.25) is 0 Å². The van der Waals surface area contributed by atoms with Gasteiger partial charge in [-0.25, -0.2) is 0 Å². The summed E-state index contributed by atoms with van der Waals surface area (Å²) in [6.07, 6.45) is 2.20. The van der Waals surface area contributed by atoms with Crippen molar-refractivity contribution >= 4 is 0 Å². The molecule has 0 spiro atoms. The molecule has 0 aliphatic carbocycles. The Hall–Kier alpha value is -2.33. The van der Waals surface area contributed by atoms with Crippen LogP contribution >= 0.6 is 0 Å². The Morgan fingerprint density at radius 3 is 2.54 bits per heavy atom. The number of hydrogen-bond donors (Lipinski definition) is 0. The van der Waals surface area contributed by atoms with Crippen LogP contribution in [0.5, 0.6) is 0 Å². The lowest BCUT2D eigenvalue weighted by atomic mass is 9.99. The van der Waals surface area contributed by atoms with Crippen LogP contribution in [0.1, 0.15) is 34.3 Å². The Balaban J connectivity index is 1.74. The van der Waals surface area contributed by atoms with Gasteiger partial charge in [-0.1, -0.05) is 30.3 Å². The topological polar surface area (TPSA) is 26.0 Å². The van der Waals surface area contributed by atoms with E-state index in [4.69, 9.17) is 0 Å². The largest absolute Gasteiger partial charge is 0.348 e. The zero-order valence-electron chi connectivity index (χ0n) is 14.6. The Morgan fingerprint density at radius 2 is 1.83 bits per heavy atom. The van der Waals surface area contributed by atoms with Crippen LogP contribution in [-0.4, -0.2) is 25.8 Å². The summed E-state index contributed by atoms with van der Waals surface area (Å²) in [4.78, 5) is 2.58. The molecule has 0 bridgehead atoms. The minimum Gasteiger partial charge on any atom is -0.348 e. The third-order valence-corrected chi connectivity index (χ3v) is 5.27. The SMILES string of the molecule is Cc1nn(C)c(C)c1CN1CCn2cccc2[C@@H]1c1ccccc1. The Labute approximate surface area is 143 Å². The number of fused-ring (bicyclic) bond motifs is 1. The van der Waals surface area contributed by atoms with Gasteiger partial charge in [0, 0.05) is 49.8 Å². The van der Waals surface area contributed by atoms with Crippen LogP contribution < -0.4 is 0 Å². The zero-order valence-corrected chi connectivity index (χ0v) is 14.6. The molecule has 124 valence electrons. The lowest BCUT2D eigenvalue weighted by Gasteiger charge is -2.37. The molecule has 0 unspecified atom stereocenters. The second-order valence-corrected chi connectivity index (χ2v) is 6.68. The Bertz CT molecular complexity index is 844. The molecule has 1 aliphatic rings. The molecule has 0 amide bonds. The van der Waals surface area contributed by atoms with Crippen LogP contribution in [-0.2, 0) is 20.1 Å².